The smallest absolute Gasteiger partial charge is 0.388 e. The zero-order valence-corrected chi connectivity index (χ0v) is 11.4. The van der Waals surface area contributed by atoms with E-state index in [2.05, 4.69) is 0 Å². The van der Waals surface area contributed by atoms with E-state index < -0.39 is 17.8 Å². The molecule has 1 fully saturated rings. The fraction of sp³-hybridized carbons (Fsp3) is 0.600. The van der Waals surface area contributed by atoms with E-state index >= 15 is 0 Å². The zero-order valence-electron chi connectivity index (χ0n) is 11.4. The Morgan fingerprint density at radius 3 is 2.70 bits per heavy atom. The lowest BCUT2D eigenvalue weighted by atomic mass is 9.96. The Hall–Kier alpha value is -1.07. The molecule has 2 atom stereocenters. The second-order valence-corrected chi connectivity index (χ2v) is 5.30. The average Bonchev–Trinajstić information content (AvgIpc) is 2.87. The molecule has 1 heterocycles. The van der Waals surface area contributed by atoms with Crippen molar-refractivity contribution in [3.63, 3.8) is 0 Å². The van der Waals surface area contributed by atoms with Crippen LogP contribution in [0.25, 0.3) is 0 Å². The van der Waals surface area contributed by atoms with Crippen molar-refractivity contribution in [1.29, 1.82) is 0 Å². The van der Waals surface area contributed by atoms with Crippen LogP contribution in [0.3, 0.4) is 0 Å². The van der Waals surface area contributed by atoms with Crippen LogP contribution in [-0.4, -0.2) is 17.8 Å². The minimum Gasteiger partial charge on any atom is -0.388 e. The van der Waals surface area contributed by atoms with Crippen molar-refractivity contribution >= 4 is 0 Å². The number of ether oxygens (including phenoxy) is 1. The summed E-state index contributed by atoms with van der Waals surface area (Å²) < 4.78 is 43.2. The van der Waals surface area contributed by atoms with E-state index in [-0.39, 0.29) is 6.10 Å². The third kappa shape index (κ3) is 3.73. The van der Waals surface area contributed by atoms with Gasteiger partial charge in [-0.1, -0.05) is 6.07 Å². The highest BCUT2D eigenvalue weighted by Gasteiger charge is 2.31. The Bertz CT molecular complexity index is 451. The lowest BCUT2D eigenvalue weighted by Gasteiger charge is -2.17. The molecule has 0 saturated carbocycles. The highest BCUT2D eigenvalue weighted by molar-refractivity contribution is 5.33. The van der Waals surface area contributed by atoms with Crippen molar-refractivity contribution in [1.82, 2.24) is 0 Å². The molecule has 0 spiro atoms. The van der Waals surface area contributed by atoms with Crippen LogP contribution in [-0.2, 0) is 10.9 Å². The molecule has 112 valence electrons. The molecule has 1 aromatic carbocycles. The van der Waals surface area contributed by atoms with E-state index in [9.17, 15) is 18.3 Å². The molecular formula is C15H19F3O2. The molecule has 5 heteroatoms. The van der Waals surface area contributed by atoms with Crippen molar-refractivity contribution in [2.75, 3.05) is 6.61 Å². The standard InChI is InChI=1S/C15H19F3O2/c1-10-9-11(15(16,17)18)4-6-13(10)14(19)7-5-12-3-2-8-20-12/h4,6,9,12,14,19H,2-3,5,7-8H2,1H3. The van der Waals surface area contributed by atoms with Gasteiger partial charge in [0.05, 0.1) is 17.8 Å². The van der Waals surface area contributed by atoms with Gasteiger partial charge in [0.15, 0.2) is 0 Å². The molecular weight excluding hydrogens is 269 g/mol. The summed E-state index contributed by atoms with van der Waals surface area (Å²) >= 11 is 0. The molecule has 1 aliphatic heterocycles. The normalized spacial score (nSPS) is 21.1. The summed E-state index contributed by atoms with van der Waals surface area (Å²) in [5.74, 6) is 0. The van der Waals surface area contributed by atoms with Gasteiger partial charge >= 0.3 is 6.18 Å². The Balaban J connectivity index is 2.00. The van der Waals surface area contributed by atoms with Crippen molar-refractivity contribution in [3.05, 3.63) is 34.9 Å². The lowest BCUT2D eigenvalue weighted by molar-refractivity contribution is -0.137. The third-order valence-corrected chi connectivity index (χ3v) is 3.74. The fourth-order valence-electron chi connectivity index (χ4n) is 2.60. The number of halogens is 3. The van der Waals surface area contributed by atoms with Gasteiger partial charge in [-0.05, 0) is 55.9 Å². The number of aliphatic hydroxyl groups is 1. The largest absolute Gasteiger partial charge is 0.416 e. The Kier molecular flexibility index (Phi) is 4.70. The first-order chi connectivity index (χ1) is 9.38. The van der Waals surface area contributed by atoms with Crippen LogP contribution in [0.2, 0.25) is 0 Å². The number of hydrogen-bond donors (Lipinski definition) is 1. The molecule has 20 heavy (non-hydrogen) atoms. The van der Waals surface area contributed by atoms with Crippen molar-refractivity contribution in [2.45, 2.75) is 51.0 Å². The number of aliphatic hydroxyl groups excluding tert-OH is 1. The van der Waals surface area contributed by atoms with Gasteiger partial charge in [0.1, 0.15) is 0 Å². The van der Waals surface area contributed by atoms with Crippen LogP contribution in [0, 0.1) is 6.92 Å². The van der Waals surface area contributed by atoms with Crippen LogP contribution in [0.15, 0.2) is 18.2 Å². The Morgan fingerprint density at radius 1 is 1.40 bits per heavy atom. The maximum absolute atomic E-state index is 12.6. The fourth-order valence-corrected chi connectivity index (χ4v) is 2.60. The summed E-state index contributed by atoms with van der Waals surface area (Å²) in [5.41, 5.74) is 0.362. The van der Waals surface area contributed by atoms with Gasteiger partial charge in [-0.25, -0.2) is 0 Å². The summed E-state index contributed by atoms with van der Waals surface area (Å²) in [6.07, 6.45) is -1.61. The first-order valence-electron chi connectivity index (χ1n) is 6.85. The Morgan fingerprint density at radius 2 is 2.15 bits per heavy atom. The molecule has 0 amide bonds. The summed E-state index contributed by atoms with van der Waals surface area (Å²) in [6, 6.07) is 3.49. The quantitative estimate of drug-likeness (QED) is 0.907. The molecule has 2 rings (SSSR count). The molecule has 1 aliphatic rings. The summed E-state index contributed by atoms with van der Waals surface area (Å²) in [7, 11) is 0. The average molecular weight is 288 g/mol. The van der Waals surface area contributed by atoms with Crippen LogP contribution < -0.4 is 0 Å². The number of rotatable bonds is 4. The van der Waals surface area contributed by atoms with Gasteiger partial charge in [-0.15, -0.1) is 0 Å². The molecule has 0 bridgehead atoms. The highest BCUT2D eigenvalue weighted by Crippen LogP contribution is 2.33. The van der Waals surface area contributed by atoms with E-state index in [1.54, 1.807) is 6.92 Å². The molecule has 0 aromatic heterocycles. The summed E-state index contributed by atoms with van der Waals surface area (Å²) in [4.78, 5) is 0. The van der Waals surface area contributed by atoms with Gasteiger partial charge in [0.2, 0.25) is 0 Å². The van der Waals surface area contributed by atoms with Crippen LogP contribution in [0.1, 0.15) is 48.5 Å². The van der Waals surface area contributed by atoms with Gasteiger partial charge in [-0.2, -0.15) is 13.2 Å². The number of benzene rings is 1. The Labute approximate surface area is 116 Å². The van der Waals surface area contributed by atoms with Crippen molar-refractivity contribution in [2.24, 2.45) is 0 Å². The number of hydrogen-bond acceptors (Lipinski definition) is 2. The molecule has 2 nitrogen and oxygen atoms in total. The summed E-state index contributed by atoms with van der Waals surface area (Å²) in [6.45, 7) is 2.36. The van der Waals surface area contributed by atoms with Gasteiger partial charge in [-0.3, -0.25) is 0 Å². The molecule has 0 aliphatic carbocycles. The first-order valence-corrected chi connectivity index (χ1v) is 6.85. The van der Waals surface area contributed by atoms with E-state index in [0.29, 0.717) is 17.5 Å². The van der Waals surface area contributed by atoms with Gasteiger partial charge < -0.3 is 9.84 Å². The topological polar surface area (TPSA) is 29.5 Å². The minimum atomic E-state index is -4.34. The monoisotopic (exact) mass is 288 g/mol. The van der Waals surface area contributed by atoms with E-state index in [1.807, 2.05) is 0 Å². The van der Waals surface area contributed by atoms with Crippen LogP contribution >= 0.6 is 0 Å². The maximum atomic E-state index is 12.6. The minimum absolute atomic E-state index is 0.180. The number of aryl methyl sites for hydroxylation is 1. The van der Waals surface area contributed by atoms with Crippen LogP contribution in [0.5, 0.6) is 0 Å². The zero-order chi connectivity index (χ0) is 14.8. The molecule has 1 aromatic rings. The predicted octanol–water partition coefficient (Wildman–Crippen LogP) is 4.01. The second kappa shape index (κ2) is 6.14. The molecule has 0 radical (unpaired) electrons. The highest BCUT2D eigenvalue weighted by atomic mass is 19.4. The predicted molar refractivity (Wildman–Crippen MR) is 69.3 cm³/mol. The summed E-state index contributed by atoms with van der Waals surface area (Å²) in [5, 5.41) is 10.1. The SMILES string of the molecule is Cc1cc(C(F)(F)F)ccc1C(O)CCC1CCCO1. The van der Waals surface area contributed by atoms with Gasteiger partial charge in [0, 0.05) is 6.61 Å². The van der Waals surface area contributed by atoms with E-state index in [1.165, 1.54) is 6.07 Å². The first kappa shape index (κ1) is 15.3. The number of alkyl halides is 3. The molecule has 1 N–H and O–H groups in total. The lowest BCUT2D eigenvalue weighted by Crippen LogP contribution is -2.10. The van der Waals surface area contributed by atoms with Crippen LogP contribution in [0.4, 0.5) is 13.2 Å². The van der Waals surface area contributed by atoms with Crippen molar-refractivity contribution in [3.8, 4) is 0 Å². The van der Waals surface area contributed by atoms with E-state index in [0.717, 1.165) is 38.0 Å². The molecule has 2 unspecified atom stereocenters. The third-order valence-electron chi connectivity index (χ3n) is 3.74. The maximum Gasteiger partial charge on any atom is 0.416 e. The van der Waals surface area contributed by atoms with Gasteiger partial charge in [0.25, 0.3) is 0 Å². The molecule has 1 saturated heterocycles. The van der Waals surface area contributed by atoms with E-state index in [4.69, 9.17) is 4.74 Å². The van der Waals surface area contributed by atoms with Crippen molar-refractivity contribution < 1.29 is 23.0 Å². The second-order valence-electron chi connectivity index (χ2n) is 5.30.